The average Bonchev–Trinajstić information content (AvgIpc) is 3.34. The van der Waals surface area contributed by atoms with Crippen LogP contribution in [0.5, 0.6) is 0 Å². The zero-order valence-electron chi connectivity index (χ0n) is 14.3. The fourth-order valence-corrected chi connectivity index (χ4v) is 5.91. The van der Waals surface area contributed by atoms with Crippen LogP contribution in [-0.2, 0) is 14.8 Å². The van der Waals surface area contributed by atoms with E-state index in [1.165, 1.54) is 17.4 Å². The van der Waals surface area contributed by atoms with E-state index in [0.717, 1.165) is 19.3 Å². The van der Waals surface area contributed by atoms with Gasteiger partial charge in [0.15, 0.2) is 0 Å². The van der Waals surface area contributed by atoms with E-state index < -0.39 is 10.0 Å². The van der Waals surface area contributed by atoms with Crippen molar-refractivity contribution in [3.63, 3.8) is 0 Å². The number of hydrogen-bond acceptors (Lipinski definition) is 5. The van der Waals surface area contributed by atoms with Gasteiger partial charge >= 0.3 is 0 Å². The van der Waals surface area contributed by atoms with Gasteiger partial charge < -0.3 is 9.73 Å². The summed E-state index contributed by atoms with van der Waals surface area (Å²) in [5.41, 5.74) is 0. The zero-order chi connectivity index (χ0) is 18.4. The number of carbonyl (C=O) groups excluding carboxylic acids is 1. The summed E-state index contributed by atoms with van der Waals surface area (Å²) in [4.78, 5) is 11.9. The lowest BCUT2D eigenvalue weighted by Crippen LogP contribution is -2.44. The van der Waals surface area contributed by atoms with Gasteiger partial charge in [0.2, 0.25) is 5.91 Å². The minimum absolute atomic E-state index is 0.0785. The highest BCUT2D eigenvalue weighted by Crippen LogP contribution is 2.28. The molecule has 6 nitrogen and oxygen atoms in total. The fraction of sp³-hybridized carbons (Fsp3) is 0.389. The van der Waals surface area contributed by atoms with Gasteiger partial charge in [0, 0.05) is 25.2 Å². The second kappa shape index (κ2) is 8.66. The number of nitrogens with one attached hydrogen (secondary N) is 1. The molecule has 1 amide bonds. The molecule has 0 aromatic carbocycles. The molecule has 0 unspecified atom stereocenters. The molecule has 2 aromatic heterocycles. The molecule has 1 saturated heterocycles. The van der Waals surface area contributed by atoms with Gasteiger partial charge in [-0.3, -0.25) is 4.79 Å². The molecular weight excluding hydrogens is 372 g/mol. The fourth-order valence-electron chi connectivity index (χ4n) is 3.07. The van der Waals surface area contributed by atoms with E-state index in [2.05, 4.69) is 5.32 Å². The third-order valence-corrected chi connectivity index (χ3v) is 7.67. The lowest BCUT2D eigenvalue weighted by atomic mass is 10.0. The van der Waals surface area contributed by atoms with Crippen molar-refractivity contribution in [2.45, 2.75) is 35.9 Å². The average molecular weight is 395 g/mol. The van der Waals surface area contributed by atoms with Gasteiger partial charge in [-0.2, -0.15) is 4.31 Å². The maximum Gasteiger partial charge on any atom is 0.252 e. The van der Waals surface area contributed by atoms with Gasteiger partial charge in [-0.05, 0) is 48.9 Å². The van der Waals surface area contributed by atoms with Crippen molar-refractivity contribution in [2.75, 3.05) is 13.1 Å². The molecular formula is C18H22N2O4S2. The number of thiophene rings is 1. The van der Waals surface area contributed by atoms with Crippen molar-refractivity contribution in [1.82, 2.24) is 9.62 Å². The number of rotatable bonds is 7. The molecule has 1 atom stereocenters. The van der Waals surface area contributed by atoms with Crippen molar-refractivity contribution in [1.29, 1.82) is 0 Å². The highest BCUT2D eigenvalue weighted by Gasteiger charge is 2.33. The van der Waals surface area contributed by atoms with Gasteiger partial charge in [-0.15, -0.1) is 11.3 Å². The van der Waals surface area contributed by atoms with Gasteiger partial charge in [-0.25, -0.2) is 8.42 Å². The highest BCUT2D eigenvalue weighted by molar-refractivity contribution is 7.91. The van der Waals surface area contributed by atoms with E-state index >= 15 is 0 Å². The first-order valence-electron chi connectivity index (χ1n) is 8.62. The topological polar surface area (TPSA) is 79.6 Å². The number of piperidine rings is 1. The number of amides is 1. The molecule has 140 valence electrons. The van der Waals surface area contributed by atoms with Crippen molar-refractivity contribution >= 4 is 33.3 Å². The normalized spacial score (nSPS) is 19.0. The summed E-state index contributed by atoms with van der Waals surface area (Å²) in [6, 6.07) is 6.84. The molecule has 1 N–H and O–H groups in total. The molecule has 8 heteroatoms. The predicted octanol–water partition coefficient (Wildman–Crippen LogP) is 3.10. The monoisotopic (exact) mass is 394 g/mol. The van der Waals surface area contributed by atoms with Gasteiger partial charge in [0.05, 0.1) is 6.26 Å². The van der Waals surface area contributed by atoms with Crippen LogP contribution < -0.4 is 5.32 Å². The number of carbonyl (C=O) groups is 1. The molecule has 0 saturated carbocycles. The van der Waals surface area contributed by atoms with Crippen LogP contribution in [0.1, 0.15) is 31.4 Å². The van der Waals surface area contributed by atoms with E-state index in [9.17, 15) is 13.2 Å². The molecule has 0 radical (unpaired) electrons. The number of sulfonamides is 1. The zero-order valence-corrected chi connectivity index (χ0v) is 16.0. The Bertz CT molecular complexity index is 827. The first-order valence-corrected chi connectivity index (χ1v) is 10.9. The smallest absolute Gasteiger partial charge is 0.252 e. The summed E-state index contributed by atoms with van der Waals surface area (Å²) in [6.45, 7) is 0.972. The second-order valence-electron chi connectivity index (χ2n) is 6.13. The Morgan fingerprint density at radius 2 is 2.23 bits per heavy atom. The molecule has 1 aliphatic rings. The van der Waals surface area contributed by atoms with Gasteiger partial charge in [-0.1, -0.05) is 12.5 Å². The van der Waals surface area contributed by atoms with Crippen LogP contribution in [0, 0.1) is 0 Å². The van der Waals surface area contributed by atoms with E-state index in [4.69, 9.17) is 4.42 Å². The minimum Gasteiger partial charge on any atom is -0.465 e. The van der Waals surface area contributed by atoms with E-state index in [1.807, 2.05) is 0 Å². The van der Waals surface area contributed by atoms with Crippen LogP contribution in [0.3, 0.4) is 0 Å². The van der Waals surface area contributed by atoms with Crippen molar-refractivity contribution in [3.8, 4) is 0 Å². The molecule has 3 rings (SSSR count). The predicted molar refractivity (Wildman–Crippen MR) is 101 cm³/mol. The third-order valence-electron chi connectivity index (χ3n) is 4.35. The summed E-state index contributed by atoms with van der Waals surface area (Å²) in [6.07, 6.45) is 7.87. The molecule has 0 aliphatic carbocycles. The molecule has 0 bridgehead atoms. The maximum absolute atomic E-state index is 12.8. The van der Waals surface area contributed by atoms with E-state index in [1.54, 1.807) is 46.3 Å². The van der Waals surface area contributed by atoms with Crippen LogP contribution in [-0.4, -0.2) is 37.8 Å². The summed E-state index contributed by atoms with van der Waals surface area (Å²) in [5, 5.41) is 4.59. The Morgan fingerprint density at radius 1 is 1.35 bits per heavy atom. The third kappa shape index (κ3) is 4.63. The van der Waals surface area contributed by atoms with Crippen LogP contribution in [0.25, 0.3) is 6.08 Å². The lowest BCUT2D eigenvalue weighted by molar-refractivity contribution is -0.116. The SMILES string of the molecule is O=C(/C=C/c1ccco1)NCC[C@@H]1CCCCN1S(=O)(=O)c1cccs1. The summed E-state index contributed by atoms with van der Waals surface area (Å²) < 4.78 is 32.8. The first-order chi connectivity index (χ1) is 12.6. The summed E-state index contributed by atoms with van der Waals surface area (Å²) in [5.74, 6) is 0.394. The quantitative estimate of drug-likeness (QED) is 0.732. The highest BCUT2D eigenvalue weighted by atomic mass is 32.2. The van der Waals surface area contributed by atoms with E-state index in [0.29, 0.717) is 29.5 Å². The molecule has 3 heterocycles. The molecule has 1 aliphatic heterocycles. The number of furan rings is 1. The summed E-state index contributed by atoms with van der Waals surface area (Å²) >= 11 is 1.24. The van der Waals surface area contributed by atoms with Gasteiger partial charge in [0.1, 0.15) is 9.97 Å². The van der Waals surface area contributed by atoms with Crippen molar-refractivity contribution in [3.05, 3.63) is 47.7 Å². The number of hydrogen-bond donors (Lipinski definition) is 1. The lowest BCUT2D eigenvalue weighted by Gasteiger charge is -2.34. The molecule has 1 fully saturated rings. The van der Waals surface area contributed by atoms with Crippen LogP contribution >= 0.6 is 11.3 Å². The van der Waals surface area contributed by atoms with Crippen molar-refractivity contribution in [2.24, 2.45) is 0 Å². The van der Waals surface area contributed by atoms with Crippen molar-refractivity contribution < 1.29 is 17.6 Å². The maximum atomic E-state index is 12.8. The largest absolute Gasteiger partial charge is 0.465 e. The molecule has 0 spiro atoms. The second-order valence-corrected chi connectivity index (χ2v) is 9.19. The number of nitrogens with zero attached hydrogens (tertiary/aromatic N) is 1. The first kappa shape index (κ1) is 18.9. The molecule has 2 aromatic rings. The Labute approximate surface area is 157 Å². The minimum atomic E-state index is -3.45. The van der Waals surface area contributed by atoms with Crippen LogP contribution in [0.2, 0.25) is 0 Å². The van der Waals surface area contributed by atoms with Crippen LogP contribution in [0.15, 0.2) is 50.6 Å². The Kier molecular flexibility index (Phi) is 6.29. The van der Waals surface area contributed by atoms with Crippen LogP contribution in [0.4, 0.5) is 0 Å². The Balaban J connectivity index is 1.55. The Hall–Kier alpha value is -1.90. The van der Waals surface area contributed by atoms with Gasteiger partial charge in [0.25, 0.3) is 10.0 Å². The van der Waals surface area contributed by atoms with E-state index in [-0.39, 0.29) is 11.9 Å². The Morgan fingerprint density at radius 3 is 2.96 bits per heavy atom. The summed E-state index contributed by atoms with van der Waals surface area (Å²) in [7, 11) is -3.45. The molecule has 26 heavy (non-hydrogen) atoms. The standard InChI is InChI=1S/C18H22N2O4S2/c21-17(9-8-16-6-3-13-24-16)19-11-10-15-5-1-2-12-20(15)26(22,23)18-7-4-14-25-18/h3-4,6-9,13-15H,1-2,5,10-12H2,(H,19,21)/b9-8+/t15-/m0/s1.